The quantitative estimate of drug-likeness (QED) is 0.788. The van der Waals surface area contributed by atoms with Gasteiger partial charge in [-0.05, 0) is 49.4 Å². The zero-order valence-corrected chi connectivity index (χ0v) is 11.2. The summed E-state index contributed by atoms with van der Waals surface area (Å²) in [5, 5.41) is 0. The lowest BCUT2D eigenvalue weighted by atomic mass is 9.95. The second-order valence-electron chi connectivity index (χ2n) is 4.88. The van der Waals surface area contributed by atoms with Crippen molar-refractivity contribution in [2.75, 3.05) is 26.9 Å². The molecule has 0 radical (unpaired) electrons. The summed E-state index contributed by atoms with van der Waals surface area (Å²) in [6.45, 7) is 2.51. The van der Waals surface area contributed by atoms with Gasteiger partial charge in [0.25, 0.3) is 0 Å². The van der Waals surface area contributed by atoms with Crippen LogP contribution in [0.15, 0.2) is 18.2 Å². The largest absolute Gasteiger partial charge is 0.496 e. The standard InChI is InChI=1S/C15H23NO2/c1-17-15-6-5-12(14-7-9-18-11-14)10-13(15)4-2-3-8-16/h5-6,10,14H,2-4,7-9,11,16H2,1H3. The van der Waals surface area contributed by atoms with Crippen LogP contribution in [0.1, 0.15) is 36.3 Å². The Morgan fingerprint density at radius 1 is 1.39 bits per heavy atom. The van der Waals surface area contributed by atoms with Crippen molar-refractivity contribution in [3.8, 4) is 5.75 Å². The highest BCUT2D eigenvalue weighted by atomic mass is 16.5. The highest BCUT2D eigenvalue weighted by Gasteiger charge is 2.18. The molecule has 0 aromatic heterocycles. The molecule has 2 rings (SSSR count). The molecule has 1 aliphatic heterocycles. The van der Waals surface area contributed by atoms with Crippen LogP contribution in [0.5, 0.6) is 5.75 Å². The van der Waals surface area contributed by atoms with Crippen molar-refractivity contribution >= 4 is 0 Å². The van der Waals surface area contributed by atoms with Gasteiger partial charge in [-0.1, -0.05) is 12.1 Å². The zero-order chi connectivity index (χ0) is 12.8. The molecule has 0 aliphatic carbocycles. The predicted octanol–water partition coefficient (Wildman–Crippen LogP) is 2.48. The normalized spacial score (nSPS) is 19.1. The molecule has 0 bridgehead atoms. The predicted molar refractivity (Wildman–Crippen MR) is 73.2 cm³/mol. The summed E-state index contributed by atoms with van der Waals surface area (Å²) in [4.78, 5) is 0. The van der Waals surface area contributed by atoms with Gasteiger partial charge < -0.3 is 15.2 Å². The number of rotatable bonds is 6. The van der Waals surface area contributed by atoms with Gasteiger partial charge in [0.15, 0.2) is 0 Å². The second kappa shape index (κ2) is 6.76. The monoisotopic (exact) mass is 249 g/mol. The Balaban J connectivity index is 2.10. The fourth-order valence-electron chi connectivity index (χ4n) is 2.51. The molecule has 2 N–H and O–H groups in total. The lowest BCUT2D eigenvalue weighted by Gasteiger charge is -2.13. The average molecular weight is 249 g/mol. The van der Waals surface area contributed by atoms with Crippen LogP contribution in [-0.4, -0.2) is 26.9 Å². The molecule has 1 atom stereocenters. The molecule has 1 aromatic rings. The van der Waals surface area contributed by atoms with Crippen LogP contribution < -0.4 is 10.5 Å². The Morgan fingerprint density at radius 3 is 2.94 bits per heavy atom. The third kappa shape index (κ3) is 3.24. The molecule has 1 fully saturated rings. The molecule has 100 valence electrons. The van der Waals surface area contributed by atoms with Crippen molar-refractivity contribution in [1.29, 1.82) is 0 Å². The molecule has 1 unspecified atom stereocenters. The van der Waals surface area contributed by atoms with E-state index in [0.717, 1.165) is 51.2 Å². The van der Waals surface area contributed by atoms with Gasteiger partial charge in [-0.25, -0.2) is 0 Å². The summed E-state index contributed by atoms with van der Waals surface area (Å²) < 4.78 is 10.9. The van der Waals surface area contributed by atoms with Gasteiger partial charge in [0.05, 0.1) is 13.7 Å². The van der Waals surface area contributed by atoms with Crippen LogP contribution in [0.25, 0.3) is 0 Å². The minimum absolute atomic E-state index is 0.559. The molecule has 18 heavy (non-hydrogen) atoms. The lowest BCUT2D eigenvalue weighted by Crippen LogP contribution is -2.02. The number of hydrogen-bond acceptors (Lipinski definition) is 3. The molecular weight excluding hydrogens is 226 g/mol. The van der Waals surface area contributed by atoms with Crippen molar-refractivity contribution in [3.63, 3.8) is 0 Å². The average Bonchev–Trinajstić information content (AvgIpc) is 2.93. The number of unbranched alkanes of at least 4 members (excludes halogenated alkanes) is 1. The first-order valence-electron chi connectivity index (χ1n) is 6.79. The molecule has 0 amide bonds. The molecule has 1 aromatic carbocycles. The minimum atomic E-state index is 0.559. The van der Waals surface area contributed by atoms with Gasteiger partial charge in [0.1, 0.15) is 5.75 Å². The lowest BCUT2D eigenvalue weighted by molar-refractivity contribution is 0.194. The first kappa shape index (κ1) is 13.4. The first-order valence-corrected chi connectivity index (χ1v) is 6.79. The second-order valence-corrected chi connectivity index (χ2v) is 4.88. The third-order valence-electron chi connectivity index (χ3n) is 3.61. The summed E-state index contributed by atoms with van der Waals surface area (Å²) in [6, 6.07) is 6.55. The maximum Gasteiger partial charge on any atom is 0.122 e. The van der Waals surface area contributed by atoms with E-state index >= 15 is 0 Å². The van der Waals surface area contributed by atoms with E-state index in [4.69, 9.17) is 15.2 Å². The van der Waals surface area contributed by atoms with Crippen molar-refractivity contribution in [3.05, 3.63) is 29.3 Å². The smallest absolute Gasteiger partial charge is 0.122 e. The van der Waals surface area contributed by atoms with Gasteiger partial charge in [-0.3, -0.25) is 0 Å². The number of nitrogens with two attached hydrogens (primary N) is 1. The molecular formula is C15H23NO2. The van der Waals surface area contributed by atoms with Crippen LogP contribution >= 0.6 is 0 Å². The van der Waals surface area contributed by atoms with E-state index in [1.54, 1.807) is 7.11 Å². The van der Waals surface area contributed by atoms with Crippen LogP contribution in [0.4, 0.5) is 0 Å². The van der Waals surface area contributed by atoms with Gasteiger partial charge in [-0.15, -0.1) is 0 Å². The summed E-state index contributed by atoms with van der Waals surface area (Å²) in [6.07, 6.45) is 4.37. The van der Waals surface area contributed by atoms with Crippen LogP contribution in [-0.2, 0) is 11.2 Å². The van der Waals surface area contributed by atoms with Crippen LogP contribution in [0, 0.1) is 0 Å². The number of benzene rings is 1. The van der Waals surface area contributed by atoms with Crippen molar-refractivity contribution in [2.24, 2.45) is 5.73 Å². The Bertz CT molecular complexity index is 373. The zero-order valence-electron chi connectivity index (χ0n) is 11.2. The van der Waals surface area contributed by atoms with Crippen LogP contribution in [0.3, 0.4) is 0 Å². The van der Waals surface area contributed by atoms with E-state index in [1.807, 2.05) is 0 Å². The minimum Gasteiger partial charge on any atom is -0.496 e. The fourth-order valence-corrected chi connectivity index (χ4v) is 2.51. The molecule has 3 nitrogen and oxygen atoms in total. The van der Waals surface area contributed by atoms with E-state index in [9.17, 15) is 0 Å². The molecule has 3 heteroatoms. The van der Waals surface area contributed by atoms with E-state index in [1.165, 1.54) is 11.1 Å². The Labute approximate surface area is 109 Å². The highest BCUT2D eigenvalue weighted by molar-refractivity contribution is 5.39. The molecule has 0 saturated carbocycles. The van der Waals surface area contributed by atoms with E-state index < -0.39 is 0 Å². The van der Waals surface area contributed by atoms with Gasteiger partial charge in [-0.2, -0.15) is 0 Å². The Kier molecular flexibility index (Phi) is 5.02. The van der Waals surface area contributed by atoms with E-state index in [2.05, 4.69) is 18.2 Å². The number of methoxy groups -OCH3 is 1. The molecule has 1 aliphatic rings. The van der Waals surface area contributed by atoms with Gasteiger partial charge >= 0.3 is 0 Å². The third-order valence-corrected chi connectivity index (χ3v) is 3.61. The van der Waals surface area contributed by atoms with Gasteiger partial charge in [0, 0.05) is 12.5 Å². The maximum absolute atomic E-state index is 5.54. The maximum atomic E-state index is 5.54. The fraction of sp³-hybridized carbons (Fsp3) is 0.600. The van der Waals surface area contributed by atoms with Gasteiger partial charge in [0.2, 0.25) is 0 Å². The van der Waals surface area contributed by atoms with E-state index in [-0.39, 0.29) is 0 Å². The highest BCUT2D eigenvalue weighted by Crippen LogP contribution is 2.30. The van der Waals surface area contributed by atoms with Crippen LogP contribution in [0.2, 0.25) is 0 Å². The topological polar surface area (TPSA) is 44.5 Å². The summed E-state index contributed by atoms with van der Waals surface area (Å²) in [5.41, 5.74) is 8.23. The number of aryl methyl sites for hydroxylation is 1. The number of hydrogen-bond donors (Lipinski definition) is 1. The van der Waals surface area contributed by atoms with Crippen molar-refractivity contribution in [2.45, 2.75) is 31.6 Å². The van der Waals surface area contributed by atoms with Crippen molar-refractivity contribution < 1.29 is 9.47 Å². The first-order chi connectivity index (χ1) is 8.85. The summed E-state index contributed by atoms with van der Waals surface area (Å²) in [5.74, 6) is 1.55. The molecule has 0 spiro atoms. The molecule has 1 saturated heterocycles. The molecule has 1 heterocycles. The number of ether oxygens (including phenoxy) is 2. The summed E-state index contributed by atoms with van der Waals surface area (Å²) in [7, 11) is 1.74. The van der Waals surface area contributed by atoms with Crippen molar-refractivity contribution in [1.82, 2.24) is 0 Å². The summed E-state index contributed by atoms with van der Waals surface area (Å²) >= 11 is 0. The van der Waals surface area contributed by atoms with E-state index in [0.29, 0.717) is 5.92 Å². The Hall–Kier alpha value is -1.06. The Morgan fingerprint density at radius 2 is 2.28 bits per heavy atom. The SMILES string of the molecule is COc1ccc(C2CCOC2)cc1CCCCN.